The van der Waals surface area contributed by atoms with E-state index >= 15 is 0 Å². The van der Waals surface area contributed by atoms with Crippen LogP contribution in [-0.4, -0.2) is 12.6 Å². The molecule has 0 aromatic rings. The van der Waals surface area contributed by atoms with E-state index in [1.54, 1.807) is 0 Å². The van der Waals surface area contributed by atoms with Gasteiger partial charge in [-0.2, -0.15) is 0 Å². The molecule has 1 unspecified atom stereocenters. The third kappa shape index (κ3) is 9.77. The molecule has 2 heteroatoms. The summed E-state index contributed by atoms with van der Waals surface area (Å²) in [6.07, 6.45) is 3.67. The number of rotatable bonds is 6. The molecule has 0 aliphatic heterocycles. The summed E-state index contributed by atoms with van der Waals surface area (Å²) in [6, 6.07) is 0. The van der Waals surface area contributed by atoms with Crippen LogP contribution in [0.4, 0.5) is 0 Å². The molecule has 1 atom stereocenters. The molecule has 0 N–H and O–H groups in total. The Hall–Kier alpha value is -0.530. The van der Waals surface area contributed by atoms with Gasteiger partial charge in [-0.05, 0) is 24.2 Å². The average molecular weight is 214 g/mol. The minimum Gasteiger partial charge on any atom is -0.466 e. The molecule has 0 saturated carbocycles. The predicted molar refractivity (Wildman–Crippen MR) is 63.7 cm³/mol. The van der Waals surface area contributed by atoms with E-state index in [0.29, 0.717) is 24.4 Å². The normalized spacial score (nSPS) is 13.7. The Morgan fingerprint density at radius 2 is 1.93 bits per heavy atom. The summed E-state index contributed by atoms with van der Waals surface area (Å²) in [7, 11) is 0. The molecule has 0 heterocycles. The third-order valence-corrected chi connectivity index (χ3v) is 2.55. The van der Waals surface area contributed by atoms with Gasteiger partial charge in [0.2, 0.25) is 0 Å². The molecule has 0 aromatic carbocycles. The zero-order valence-corrected chi connectivity index (χ0v) is 10.9. The summed E-state index contributed by atoms with van der Waals surface area (Å²) >= 11 is 0. The third-order valence-electron chi connectivity index (χ3n) is 2.55. The van der Waals surface area contributed by atoms with E-state index in [1.165, 1.54) is 0 Å². The number of carbonyl (C=O) groups excluding carboxylic acids is 1. The predicted octanol–water partition coefficient (Wildman–Crippen LogP) is 3.79. The van der Waals surface area contributed by atoms with E-state index in [4.69, 9.17) is 4.74 Å². The summed E-state index contributed by atoms with van der Waals surface area (Å²) in [5.41, 5.74) is 0.336. The van der Waals surface area contributed by atoms with Crippen LogP contribution in [0.2, 0.25) is 0 Å². The monoisotopic (exact) mass is 214 g/mol. The highest BCUT2D eigenvalue weighted by Gasteiger charge is 2.11. The molecule has 0 radical (unpaired) electrons. The van der Waals surface area contributed by atoms with Gasteiger partial charge >= 0.3 is 5.97 Å². The summed E-state index contributed by atoms with van der Waals surface area (Å²) in [4.78, 5) is 11.3. The number of hydrogen-bond donors (Lipinski definition) is 0. The molecule has 0 fully saturated rings. The molecule has 2 nitrogen and oxygen atoms in total. The first-order valence-electron chi connectivity index (χ1n) is 6.00. The number of ether oxygens (including phenoxy) is 1. The van der Waals surface area contributed by atoms with Gasteiger partial charge in [0.15, 0.2) is 0 Å². The molecule has 0 bridgehead atoms. The lowest BCUT2D eigenvalue weighted by molar-refractivity contribution is -0.144. The highest BCUT2D eigenvalue weighted by Crippen LogP contribution is 2.20. The van der Waals surface area contributed by atoms with Crippen molar-refractivity contribution in [3.63, 3.8) is 0 Å². The molecule has 0 aliphatic rings. The van der Waals surface area contributed by atoms with Crippen molar-refractivity contribution in [2.24, 2.45) is 11.3 Å². The van der Waals surface area contributed by atoms with Gasteiger partial charge in [0.05, 0.1) is 6.61 Å². The molecular formula is C13H26O2. The van der Waals surface area contributed by atoms with Crippen molar-refractivity contribution in [1.82, 2.24) is 0 Å². The van der Waals surface area contributed by atoms with Crippen LogP contribution >= 0.6 is 0 Å². The van der Waals surface area contributed by atoms with Crippen molar-refractivity contribution in [3.05, 3.63) is 0 Å². The number of carbonyl (C=O) groups is 1. The Morgan fingerprint density at radius 1 is 1.33 bits per heavy atom. The summed E-state index contributed by atoms with van der Waals surface area (Å²) in [5, 5.41) is 0. The average Bonchev–Trinajstić information content (AvgIpc) is 2.11. The molecular weight excluding hydrogens is 188 g/mol. The zero-order valence-electron chi connectivity index (χ0n) is 10.9. The Balaban J connectivity index is 3.48. The van der Waals surface area contributed by atoms with Crippen LogP contribution in [0.3, 0.4) is 0 Å². The van der Waals surface area contributed by atoms with Crippen LogP contribution in [0.5, 0.6) is 0 Å². The highest BCUT2D eigenvalue weighted by molar-refractivity contribution is 5.69. The van der Waals surface area contributed by atoms with Crippen molar-refractivity contribution in [1.29, 1.82) is 0 Å². The van der Waals surface area contributed by atoms with Gasteiger partial charge in [-0.15, -0.1) is 0 Å². The fourth-order valence-electron chi connectivity index (χ4n) is 1.28. The fraction of sp³-hybridized carbons (Fsp3) is 0.923. The second kappa shape index (κ2) is 6.86. The van der Waals surface area contributed by atoms with Crippen molar-refractivity contribution in [2.45, 2.75) is 60.3 Å². The first-order chi connectivity index (χ1) is 6.85. The zero-order chi connectivity index (χ0) is 11.9. The Morgan fingerprint density at radius 3 is 2.40 bits per heavy atom. The first kappa shape index (κ1) is 14.5. The van der Waals surface area contributed by atoms with E-state index in [1.807, 2.05) is 0 Å². The van der Waals surface area contributed by atoms with Crippen molar-refractivity contribution < 1.29 is 9.53 Å². The second-order valence-electron chi connectivity index (χ2n) is 5.60. The van der Waals surface area contributed by atoms with Crippen LogP contribution in [0.15, 0.2) is 0 Å². The number of hydrogen-bond acceptors (Lipinski definition) is 2. The molecule has 0 amide bonds. The molecule has 0 saturated heterocycles. The summed E-state index contributed by atoms with van der Waals surface area (Å²) < 4.78 is 5.17. The maximum absolute atomic E-state index is 11.3. The standard InChI is InChI=1S/C13H26O2/c1-6-11(2)10-12(14)15-9-7-8-13(3,4)5/h11H,6-10H2,1-5H3. The lowest BCUT2D eigenvalue weighted by Gasteiger charge is -2.17. The fourth-order valence-corrected chi connectivity index (χ4v) is 1.28. The summed E-state index contributed by atoms with van der Waals surface area (Å²) in [6.45, 7) is 11.4. The van der Waals surface area contributed by atoms with Crippen LogP contribution < -0.4 is 0 Å². The Bertz CT molecular complexity index is 179. The molecule has 90 valence electrons. The quantitative estimate of drug-likeness (QED) is 0.496. The molecule has 0 spiro atoms. The van der Waals surface area contributed by atoms with Crippen LogP contribution in [0.25, 0.3) is 0 Å². The molecule has 0 aromatic heterocycles. The summed E-state index contributed by atoms with van der Waals surface area (Å²) in [5.74, 6) is 0.401. The van der Waals surface area contributed by atoms with Gasteiger partial charge in [-0.1, -0.05) is 41.0 Å². The molecule has 0 rings (SSSR count). The minimum atomic E-state index is -0.0433. The highest BCUT2D eigenvalue weighted by atomic mass is 16.5. The van der Waals surface area contributed by atoms with Gasteiger partial charge in [0.1, 0.15) is 0 Å². The smallest absolute Gasteiger partial charge is 0.306 e. The lowest BCUT2D eigenvalue weighted by Crippen LogP contribution is -2.12. The second-order valence-corrected chi connectivity index (χ2v) is 5.60. The maximum Gasteiger partial charge on any atom is 0.306 e. The van der Waals surface area contributed by atoms with E-state index < -0.39 is 0 Å². The van der Waals surface area contributed by atoms with Crippen LogP contribution in [0.1, 0.15) is 60.3 Å². The maximum atomic E-state index is 11.3. The molecule has 0 aliphatic carbocycles. The largest absolute Gasteiger partial charge is 0.466 e. The van der Waals surface area contributed by atoms with Gasteiger partial charge < -0.3 is 4.74 Å². The van der Waals surface area contributed by atoms with Crippen molar-refractivity contribution in [3.8, 4) is 0 Å². The van der Waals surface area contributed by atoms with Gasteiger partial charge in [-0.3, -0.25) is 4.79 Å². The van der Waals surface area contributed by atoms with E-state index in [0.717, 1.165) is 19.3 Å². The van der Waals surface area contributed by atoms with Gasteiger partial charge in [0, 0.05) is 6.42 Å². The number of esters is 1. The Kier molecular flexibility index (Phi) is 6.62. The first-order valence-corrected chi connectivity index (χ1v) is 6.00. The minimum absolute atomic E-state index is 0.0433. The van der Waals surface area contributed by atoms with Gasteiger partial charge in [0.25, 0.3) is 0 Å². The van der Waals surface area contributed by atoms with Crippen molar-refractivity contribution in [2.75, 3.05) is 6.61 Å². The van der Waals surface area contributed by atoms with E-state index in [9.17, 15) is 4.79 Å². The van der Waals surface area contributed by atoms with Gasteiger partial charge in [-0.25, -0.2) is 0 Å². The van der Waals surface area contributed by atoms with Crippen LogP contribution in [-0.2, 0) is 9.53 Å². The van der Waals surface area contributed by atoms with E-state index in [-0.39, 0.29) is 5.97 Å². The molecule has 15 heavy (non-hydrogen) atoms. The lowest BCUT2D eigenvalue weighted by atomic mass is 9.91. The topological polar surface area (TPSA) is 26.3 Å². The van der Waals surface area contributed by atoms with E-state index in [2.05, 4.69) is 34.6 Å². The van der Waals surface area contributed by atoms with Crippen LogP contribution in [0, 0.1) is 11.3 Å². The Labute approximate surface area is 94.4 Å². The SMILES string of the molecule is CCC(C)CC(=O)OCCCC(C)(C)C. The van der Waals surface area contributed by atoms with Crippen molar-refractivity contribution >= 4 is 5.97 Å².